The molecule has 0 atom stereocenters. The zero-order chi connectivity index (χ0) is 18.5. The van der Waals surface area contributed by atoms with E-state index in [9.17, 15) is 13.6 Å². The predicted molar refractivity (Wildman–Crippen MR) is 95.7 cm³/mol. The van der Waals surface area contributed by atoms with Gasteiger partial charge in [-0.25, -0.2) is 13.8 Å². The first-order chi connectivity index (χ1) is 12.5. The molecule has 132 valence electrons. The normalized spacial score (nSPS) is 10.3. The molecule has 3 N–H and O–H groups in total. The van der Waals surface area contributed by atoms with Crippen LogP contribution >= 0.6 is 0 Å². The number of aromatic nitrogens is 2. The summed E-state index contributed by atoms with van der Waals surface area (Å²) >= 11 is 0. The zero-order valence-corrected chi connectivity index (χ0v) is 13.8. The molecule has 0 aliphatic carbocycles. The topological polar surface area (TPSA) is 78.9 Å². The fraction of sp³-hybridized carbons (Fsp3) is 0.0556. The molecule has 26 heavy (non-hydrogen) atoms. The smallest absolute Gasteiger partial charge is 0.229 e. The number of carbonyl (C=O) groups excluding carboxylic acids is 1. The van der Waals surface area contributed by atoms with Gasteiger partial charge >= 0.3 is 0 Å². The van der Waals surface area contributed by atoms with Crippen LogP contribution in [0, 0.1) is 11.6 Å². The molecule has 0 aliphatic heterocycles. The number of halogens is 2. The quantitative estimate of drug-likeness (QED) is 0.639. The van der Waals surface area contributed by atoms with E-state index in [1.807, 2.05) is 0 Å². The second-order valence-corrected chi connectivity index (χ2v) is 5.40. The van der Waals surface area contributed by atoms with Gasteiger partial charge in [0.25, 0.3) is 0 Å². The van der Waals surface area contributed by atoms with Gasteiger partial charge in [-0.1, -0.05) is 6.07 Å². The van der Waals surface area contributed by atoms with Crippen LogP contribution in [-0.2, 0) is 4.79 Å². The van der Waals surface area contributed by atoms with Crippen LogP contribution in [0.5, 0.6) is 0 Å². The Morgan fingerprint density at radius 3 is 2.58 bits per heavy atom. The summed E-state index contributed by atoms with van der Waals surface area (Å²) in [5, 5.41) is 8.45. The predicted octanol–water partition coefficient (Wildman–Crippen LogP) is 4.20. The van der Waals surface area contributed by atoms with Crippen molar-refractivity contribution in [2.24, 2.45) is 0 Å². The number of nitrogens with zero attached hydrogens (tertiary/aromatic N) is 2. The molecule has 8 heteroatoms. The summed E-state index contributed by atoms with van der Waals surface area (Å²) in [7, 11) is 0. The highest BCUT2D eigenvalue weighted by molar-refractivity contribution is 5.89. The summed E-state index contributed by atoms with van der Waals surface area (Å²) in [6.45, 7) is 1.42. The van der Waals surface area contributed by atoms with Crippen LogP contribution < -0.4 is 16.0 Å². The van der Waals surface area contributed by atoms with Crippen LogP contribution in [0.3, 0.4) is 0 Å². The molecule has 1 heterocycles. The van der Waals surface area contributed by atoms with Crippen molar-refractivity contribution in [3.05, 3.63) is 66.4 Å². The van der Waals surface area contributed by atoms with Crippen molar-refractivity contribution >= 4 is 34.7 Å². The van der Waals surface area contributed by atoms with Crippen LogP contribution in [0.1, 0.15) is 6.92 Å². The standard InChI is InChI=1S/C18H15F2N5O/c1-11(26)22-13-3-2-4-14(10-13)23-18-21-8-7-17(25-18)24-16-6-5-12(19)9-15(16)20/h2-10H,1H3,(H,22,26)(H2,21,23,24,25). The number of hydrogen-bond acceptors (Lipinski definition) is 5. The maximum atomic E-state index is 13.7. The van der Waals surface area contributed by atoms with Crippen molar-refractivity contribution in [3.8, 4) is 0 Å². The lowest BCUT2D eigenvalue weighted by molar-refractivity contribution is -0.114. The Morgan fingerprint density at radius 2 is 1.81 bits per heavy atom. The highest BCUT2D eigenvalue weighted by Crippen LogP contribution is 2.22. The van der Waals surface area contributed by atoms with Crippen molar-refractivity contribution < 1.29 is 13.6 Å². The molecule has 0 unspecified atom stereocenters. The van der Waals surface area contributed by atoms with E-state index in [4.69, 9.17) is 0 Å². The van der Waals surface area contributed by atoms with Crippen LogP contribution in [0.2, 0.25) is 0 Å². The van der Waals surface area contributed by atoms with Gasteiger partial charge in [0, 0.05) is 30.6 Å². The Kier molecular flexibility index (Phi) is 5.02. The van der Waals surface area contributed by atoms with Crippen LogP contribution in [0.15, 0.2) is 54.7 Å². The molecule has 0 saturated heterocycles. The van der Waals surface area contributed by atoms with E-state index in [1.165, 1.54) is 19.2 Å². The number of hydrogen-bond donors (Lipinski definition) is 3. The molecule has 1 aromatic heterocycles. The molecular formula is C18H15F2N5O. The Balaban J connectivity index is 1.76. The van der Waals surface area contributed by atoms with Crippen LogP contribution in [0.25, 0.3) is 0 Å². The van der Waals surface area contributed by atoms with E-state index >= 15 is 0 Å². The molecule has 3 rings (SSSR count). The van der Waals surface area contributed by atoms with Crippen LogP contribution in [0.4, 0.5) is 37.6 Å². The monoisotopic (exact) mass is 355 g/mol. The molecule has 0 spiro atoms. The van der Waals surface area contributed by atoms with Gasteiger partial charge in [0.15, 0.2) is 0 Å². The summed E-state index contributed by atoms with van der Waals surface area (Å²) in [4.78, 5) is 19.5. The highest BCUT2D eigenvalue weighted by Gasteiger charge is 2.06. The van der Waals surface area contributed by atoms with Gasteiger partial charge in [-0.15, -0.1) is 0 Å². The van der Waals surface area contributed by atoms with Gasteiger partial charge in [-0.3, -0.25) is 4.79 Å². The second kappa shape index (κ2) is 7.56. The van der Waals surface area contributed by atoms with E-state index in [1.54, 1.807) is 30.3 Å². The first-order valence-corrected chi connectivity index (χ1v) is 7.69. The van der Waals surface area contributed by atoms with Crippen molar-refractivity contribution in [2.45, 2.75) is 6.92 Å². The Labute approximate surface area is 148 Å². The molecule has 0 bridgehead atoms. The largest absolute Gasteiger partial charge is 0.338 e. The van der Waals surface area contributed by atoms with E-state index < -0.39 is 11.6 Å². The number of anilines is 5. The van der Waals surface area contributed by atoms with Crippen molar-refractivity contribution in [1.29, 1.82) is 0 Å². The summed E-state index contributed by atoms with van der Waals surface area (Å²) < 4.78 is 26.7. The van der Waals surface area contributed by atoms with Crippen molar-refractivity contribution in [2.75, 3.05) is 16.0 Å². The van der Waals surface area contributed by atoms with E-state index in [0.29, 0.717) is 17.2 Å². The maximum Gasteiger partial charge on any atom is 0.229 e. The average molecular weight is 355 g/mol. The average Bonchev–Trinajstić information content (AvgIpc) is 2.57. The van der Waals surface area contributed by atoms with Gasteiger partial charge in [0.1, 0.15) is 17.5 Å². The lowest BCUT2D eigenvalue weighted by atomic mass is 10.2. The zero-order valence-electron chi connectivity index (χ0n) is 13.8. The van der Waals surface area contributed by atoms with Crippen LogP contribution in [-0.4, -0.2) is 15.9 Å². The number of benzene rings is 2. The van der Waals surface area contributed by atoms with Gasteiger partial charge in [-0.05, 0) is 36.4 Å². The number of nitrogens with one attached hydrogen (secondary N) is 3. The van der Waals surface area contributed by atoms with Gasteiger partial charge < -0.3 is 16.0 Å². The van der Waals surface area contributed by atoms with E-state index in [-0.39, 0.29) is 17.5 Å². The third-order valence-electron chi connectivity index (χ3n) is 3.29. The van der Waals surface area contributed by atoms with E-state index in [2.05, 4.69) is 25.9 Å². The summed E-state index contributed by atoms with van der Waals surface area (Å²) in [6.07, 6.45) is 1.50. The van der Waals surface area contributed by atoms with Gasteiger partial charge in [0.2, 0.25) is 11.9 Å². The molecule has 0 saturated carbocycles. The number of amides is 1. The molecule has 6 nitrogen and oxygen atoms in total. The lowest BCUT2D eigenvalue weighted by Crippen LogP contribution is -2.06. The fourth-order valence-corrected chi connectivity index (χ4v) is 2.22. The molecule has 2 aromatic carbocycles. The molecule has 0 radical (unpaired) electrons. The highest BCUT2D eigenvalue weighted by atomic mass is 19.1. The first-order valence-electron chi connectivity index (χ1n) is 7.69. The van der Waals surface area contributed by atoms with Crippen molar-refractivity contribution in [3.63, 3.8) is 0 Å². The number of carbonyl (C=O) groups is 1. The molecule has 3 aromatic rings. The first kappa shape index (κ1) is 17.3. The molecular weight excluding hydrogens is 340 g/mol. The summed E-state index contributed by atoms with van der Waals surface area (Å²) in [6, 6.07) is 11.8. The SMILES string of the molecule is CC(=O)Nc1cccc(Nc2nccc(Nc3ccc(F)cc3F)n2)c1. The maximum absolute atomic E-state index is 13.7. The second-order valence-electron chi connectivity index (χ2n) is 5.40. The summed E-state index contributed by atoms with van der Waals surface area (Å²) in [5.41, 5.74) is 1.40. The number of rotatable bonds is 5. The molecule has 0 fully saturated rings. The van der Waals surface area contributed by atoms with Gasteiger partial charge in [-0.2, -0.15) is 4.98 Å². The third kappa shape index (κ3) is 4.50. The Morgan fingerprint density at radius 1 is 1.00 bits per heavy atom. The Hall–Kier alpha value is -3.55. The van der Waals surface area contributed by atoms with Crippen molar-refractivity contribution in [1.82, 2.24) is 9.97 Å². The minimum absolute atomic E-state index is 0.101. The minimum Gasteiger partial charge on any atom is -0.338 e. The fourth-order valence-electron chi connectivity index (χ4n) is 2.22. The minimum atomic E-state index is -0.721. The van der Waals surface area contributed by atoms with E-state index in [0.717, 1.165) is 12.1 Å². The van der Waals surface area contributed by atoms with Gasteiger partial charge in [0.05, 0.1) is 5.69 Å². The summed E-state index contributed by atoms with van der Waals surface area (Å²) in [5.74, 6) is -0.937. The Bertz CT molecular complexity index is 948. The lowest BCUT2D eigenvalue weighted by Gasteiger charge is -2.10. The molecule has 1 amide bonds. The third-order valence-corrected chi connectivity index (χ3v) is 3.29. The molecule has 0 aliphatic rings.